The Morgan fingerprint density at radius 3 is 2.61 bits per heavy atom. The predicted molar refractivity (Wildman–Crippen MR) is 101 cm³/mol. The van der Waals surface area contributed by atoms with Crippen molar-refractivity contribution in [3.63, 3.8) is 0 Å². The summed E-state index contributed by atoms with van der Waals surface area (Å²) in [4.78, 5) is 29.5. The van der Waals surface area contributed by atoms with Crippen molar-refractivity contribution in [1.82, 2.24) is 15.1 Å². The molecule has 2 amide bonds. The summed E-state index contributed by atoms with van der Waals surface area (Å²) in [6.45, 7) is 4.86. The lowest BCUT2D eigenvalue weighted by Gasteiger charge is -2.36. The van der Waals surface area contributed by atoms with Gasteiger partial charge in [0.05, 0.1) is 6.61 Å². The molecule has 1 aromatic rings. The Labute approximate surface area is 164 Å². The number of carbonyl (C=O) groups excluding carboxylic acids is 2. The van der Waals surface area contributed by atoms with Gasteiger partial charge in [0.2, 0.25) is 18.6 Å². The number of methoxy groups -OCH3 is 1. The lowest BCUT2D eigenvalue weighted by Crippen LogP contribution is -2.53. The maximum atomic E-state index is 12.9. The molecule has 0 atom stereocenters. The molecule has 3 aliphatic rings. The molecule has 8 nitrogen and oxygen atoms in total. The van der Waals surface area contributed by atoms with E-state index < -0.39 is 5.41 Å². The zero-order valence-corrected chi connectivity index (χ0v) is 16.2. The summed E-state index contributed by atoms with van der Waals surface area (Å²) in [5, 5.41) is 2.82. The van der Waals surface area contributed by atoms with Crippen LogP contribution >= 0.6 is 0 Å². The van der Waals surface area contributed by atoms with Gasteiger partial charge in [-0.15, -0.1) is 0 Å². The highest BCUT2D eigenvalue weighted by atomic mass is 16.7. The molecule has 8 heteroatoms. The Hall–Kier alpha value is -2.32. The molecule has 1 saturated heterocycles. The molecule has 2 fully saturated rings. The summed E-state index contributed by atoms with van der Waals surface area (Å²) < 4.78 is 15.7. The number of nitrogens with one attached hydrogen (secondary N) is 1. The summed E-state index contributed by atoms with van der Waals surface area (Å²) in [7, 11) is 1.59. The number of rotatable bonds is 7. The van der Waals surface area contributed by atoms with E-state index in [0.29, 0.717) is 39.1 Å². The third-order valence-corrected chi connectivity index (χ3v) is 5.69. The van der Waals surface area contributed by atoms with Crippen molar-refractivity contribution >= 4 is 11.8 Å². The molecule has 0 unspecified atom stereocenters. The zero-order chi connectivity index (χ0) is 19.6. The molecular formula is C20H27N3O5. The Balaban J connectivity index is 1.28. The number of ether oxygens (including phenoxy) is 3. The third-order valence-electron chi connectivity index (χ3n) is 5.69. The summed E-state index contributed by atoms with van der Waals surface area (Å²) in [6, 6.07) is 6.01. The fourth-order valence-electron chi connectivity index (χ4n) is 3.81. The van der Waals surface area contributed by atoms with E-state index in [2.05, 4.69) is 16.3 Å². The van der Waals surface area contributed by atoms with Gasteiger partial charge in [-0.25, -0.2) is 0 Å². The number of amides is 2. The molecule has 2 aliphatic heterocycles. The quantitative estimate of drug-likeness (QED) is 0.544. The second-order valence-electron chi connectivity index (χ2n) is 7.59. The largest absolute Gasteiger partial charge is 0.454 e. The van der Waals surface area contributed by atoms with Crippen LogP contribution in [0.1, 0.15) is 18.4 Å². The van der Waals surface area contributed by atoms with Crippen molar-refractivity contribution in [2.75, 3.05) is 53.2 Å². The molecular weight excluding hydrogens is 362 g/mol. The number of benzene rings is 1. The van der Waals surface area contributed by atoms with E-state index in [1.807, 2.05) is 17.0 Å². The van der Waals surface area contributed by atoms with E-state index in [-0.39, 0.29) is 18.6 Å². The maximum absolute atomic E-state index is 12.9. The van der Waals surface area contributed by atoms with Crippen LogP contribution in [0.2, 0.25) is 0 Å². The van der Waals surface area contributed by atoms with Gasteiger partial charge in [0.1, 0.15) is 5.41 Å². The fourth-order valence-corrected chi connectivity index (χ4v) is 3.81. The number of carbonyl (C=O) groups is 2. The van der Waals surface area contributed by atoms with Gasteiger partial charge in [-0.05, 0) is 30.5 Å². The lowest BCUT2D eigenvalue weighted by atomic mass is 10.0. The average Bonchev–Trinajstić information content (AvgIpc) is 3.40. The van der Waals surface area contributed by atoms with Crippen LogP contribution in [-0.2, 0) is 20.9 Å². The topological polar surface area (TPSA) is 80.3 Å². The van der Waals surface area contributed by atoms with Crippen LogP contribution in [0.3, 0.4) is 0 Å². The van der Waals surface area contributed by atoms with Gasteiger partial charge in [-0.1, -0.05) is 6.07 Å². The highest BCUT2D eigenvalue weighted by Gasteiger charge is 2.58. The normalized spacial score (nSPS) is 20.1. The Kier molecular flexibility index (Phi) is 5.41. The monoisotopic (exact) mass is 389 g/mol. The molecule has 1 N–H and O–H groups in total. The first kappa shape index (κ1) is 19.0. The standard InChI is InChI=1S/C20H27N3O5/c1-26-11-6-21-18(24)20(4-5-20)19(25)23-9-7-22(8-10-23)13-15-2-3-16-17(12-15)28-14-27-16/h2-3,12H,4-11,13-14H2,1H3,(H,21,24). The molecule has 2 heterocycles. The first-order valence-corrected chi connectivity index (χ1v) is 9.80. The van der Waals surface area contributed by atoms with Crippen LogP contribution in [0.25, 0.3) is 0 Å². The minimum Gasteiger partial charge on any atom is -0.454 e. The second kappa shape index (κ2) is 7.97. The summed E-state index contributed by atoms with van der Waals surface area (Å²) in [6.07, 6.45) is 1.28. The average molecular weight is 389 g/mol. The van der Waals surface area contributed by atoms with E-state index in [1.165, 1.54) is 5.56 Å². The van der Waals surface area contributed by atoms with Crippen molar-refractivity contribution in [3.8, 4) is 11.5 Å². The van der Waals surface area contributed by atoms with Crippen LogP contribution < -0.4 is 14.8 Å². The van der Waals surface area contributed by atoms with Crippen LogP contribution in [0.4, 0.5) is 0 Å². The number of hydrogen-bond donors (Lipinski definition) is 1. The first-order chi connectivity index (χ1) is 13.6. The van der Waals surface area contributed by atoms with Gasteiger partial charge < -0.3 is 24.4 Å². The second-order valence-corrected chi connectivity index (χ2v) is 7.59. The third kappa shape index (κ3) is 3.79. The summed E-state index contributed by atoms with van der Waals surface area (Å²) in [5.74, 6) is 1.40. The number of hydrogen-bond acceptors (Lipinski definition) is 6. The van der Waals surface area contributed by atoms with Gasteiger partial charge >= 0.3 is 0 Å². The highest BCUT2D eigenvalue weighted by Crippen LogP contribution is 2.47. The van der Waals surface area contributed by atoms with Crippen LogP contribution in [0, 0.1) is 5.41 Å². The van der Waals surface area contributed by atoms with Crippen molar-refractivity contribution in [2.24, 2.45) is 5.41 Å². The fraction of sp³-hybridized carbons (Fsp3) is 0.600. The van der Waals surface area contributed by atoms with Gasteiger partial charge in [-0.3, -0.25) is 14.5 Å². The lowest BCUT2D eigenvalue weighted by molar-refractivity contribution is -0.145. The molecule has 0 spiro atoms. The zero-order valence-electron chi connectivity index (χ0n) is 16.2. The van der Waals surface area contributed by atoms with Crippen molar-refractivity contribution < 1.29 is 23.8 Å². The Morgan fingerprint density at radius 2 is 1.89 bits per heavy atom. The van der Waals surface area contributed by atoms with Crippen molar-refractivity contribution in [3.05, 3.63) is 23.8 Å². The van der Waals surface area contributed by atoms with E-state index >= 15 is 0 Å². The van der Waals surface area contributed by atoms with Gasteiger partial charge in [-0.2, -0.15) is 0 Å². The number of piperazine rings is 1. The molecule has 1 saturated carbocycles. The number of fused-ring (bicyclic) bond motifs is 1. The maximum Gasteiger partial charge on any atom is 0.238 e. The van der Waals surface area contributed by atoms with E-state index in [9.17, 15) is 9.59 Å². The minimum atomic E-state index is -0.840. The Bertz CT molecular complexity index is 741. The van der Waals surface area contributed by atoms with Gasteiger partial charge in [0.25, 0.3) is 0 Å². The summed E-state index contributed by atoms with van der Waals surface area (Å²) in [5.41, 5.74) is 0.327. The van der Waals surface area contributed by atoms with Crippen LogP contribution in [0.5, 0.6) is 11.5 Å². The number of nitrogens with zero attached hydrogens (tertiary/aromatic N) is 2. The van der Waals surface area contributed by atoms with E-state index in [4.69, 9.17) is 14.2 Å². The van der Waals surface area contributed by atoms with Crippen molar-refractivity contribution in [2.45, 2.75) is 19.4 Å². The summed E-state index contributed by atoms with van der Waals surface area (Å²) >= 11 is 0. The predicted octanol–water partition coefficient (Wildman–Crippen LogP) is 0.602. The molecule has 0 bridgehead atoms. The molecule has 1 aromatic carbocycles. The van der Waals surface area contributed by atoms with E-state index in [0.717, 1.165) is 31.1 Å². The van der Waals surface area contributed by atoms with Gasteiger partial charge in [0, 0.05) is 46.4 Å². The molecule has 28 heavy (non-hydrogen) atoms. The van der Waals surface area contributed by atoms with Gasteiger partial charge in [0.15, 0.2) is 11.5 Å². The molecule has 0 radical (unpaired) electrons. The highest BCUT2D eigenvalue weighted by molar-refractivity contribution is 6.07. The SMILES string of the molecule is COCCNC(=O)C1(C(=O)N2CCN(Cc3ccc4c(c3)OCO4)CC2)CC1. The minimum absolute atomic E-state index is 0.0230. The van der Waals surface area contributed by atoms with Crippen LogP contribution in [-0.4, -0.2) is 74.8 Å². The molecule has 1 aliphatic carbocycles. The first-order valence-electron chi connectivity index (χ1n) is 9.80. The Morgan fingerprint density at radius 1 is 1.14 bits per heavy atom. The van der Waals surface area contributed by atoms with Crippen molar-refractivity contribution in [1.29, 1.82) is 0 Å². The molecule has 4 rings (SSSR count). The molecule has 0 aromatic heterocycles. The smallest absolute Gasteiger partial charge is 0.238 e. The molecule has 152 valence electrons. The van der Waals surface area contributed by atoms with Crippen LogP contribution in [0.15, 0.2) is 18.2 Å². The van der Waals surface area contributed by atoms with E-state index in [1.54, 1.807) is 7.11 Å².